The smallest absolute Gasteiger partial charge is 0.218 e. The molecule has 0 saturated carbocycles. The van der Waals surface area contributed by atoms with Crippen LogP contribution in [0.4, 0.5) is 34.1 Å². The maximum Gasteiger partial charge on any atom is 0.218 e. The molecule has 0 fully saturated rings. The molecule has 254 valence electrons. The summed E-state index contributed by atoms with van der Waals surface area (Å²) in [5.41, 5.74) is 8.57. The number of hydrogen-bond acceptors (Lipinski definition) is 6. The number of rotatable bonds is 13. The Balaban J connectivity index is 1.31. The molecule has 0 unspecified atom stereocenters. The number of methoxy groups -OCH3 is 3. The summed E-state index contributed by atoms with van der Waals surface area (Å²) in [4.78, 5) is 4.49. The predicted molar refractivity (Wildman–Crippen MR) is 210 cm³/mol. The summed E-state index contributed by atoms with van der Waals surface area (Å²) in [5, 5.41) is 1.27. The molecule has 0 bridgehead atoms. The van der Waals surface area contributed by atoms with Crippen LogP contribution in [-0.2, 0) is 4.43 Å². The highest BCUT2D eigenvalue weighted by Crippen LogP contribution is 2.39. The maximum absolute atomic E-state index is 6.15. The first kappa shape index (κ1) is 34.4. The van der Waals surface area contributed by atoms with E-state index in [2.05, 4.69) is 139 Å². The lowest BCUT2D eigenvalue weighted by Crippen LogP contribution is -2.44. The van der Waals surface area contributed by atoms with E-state index in [0.29, 0.717) is 0 Å². The Morgan fingerprint density at radius 3 is 0.920 bits per heavy atom. The molecule has 0 aliphatic carbocycles. The van der Waals surface area contributed by atoms with Gasteiger partial charge in [0.05, 0.1) is 21.3 Å². The van der Waals surface area contributed by atoms with E-state index < -0.39 is 8.32 Å². The van der Waals surface area contributed by atoms with Gasteiger partial charge in [0.1, 0.15) is 17.2 Å². The molecule has 0 N–H and O–H groups in total. The highest BCUT2D eigenvalue weighted by Gasteiger charge is 2.25. The van der Waals surface area contributed by atoms with Crippen LogP contribution in [0.3, 0.4) is 0 Å². The Morgan fingerprint density at radius 2 is 0.660 bits per heavy atom. The number of anilines is 6. The van der Waals surface area contributed by atoms with Gasteiger partial charge in [0, 0.05) is 40.7 Å². The van der Waals surface area contributed by atoms with Crippen LogP contribution in [-0.4, -0.2) is 36.3 Å². The Bertz CT molecular complexity index is 1910. The molecule has 0 aromatic heterocycles. The van der Waals surface area contributed by atoms with E-state index in [1.165, 1.54) is 5.19 Å². The molecule has 6 rings (SSSR count). The third-order valence-electron chi connectivity index (χ3n) is 8.90. The molecule has 6 nitrogen and oxygen atoms in total. The van der Waals surface area contributed by atoms with Crippen LogP contribution in [0.25, 0.3) is 11.1 Å². The summed E-state index contributed by atoms with van der Waals surface area (Å²) in [7, 11) is 3.10. The Hall–Kier alpha value is -5.50. The zero-order valence-corrected chi connectivity index (χ0v) is 30.6. The van der Waals surface area contributed by atoms with E-state index in [-0.39, 0.29) is 0 Å². The van der Waals surface area contributed by atoms with Gasteiger partial charge >= 0.3 is 0 Å². The second-order valence-corrected chi connectivity index (χ2v) is 16.2. The van der Waals surface area contributed by atoms with Crippen LogP contribution >= 0.6 is 0 Å². The highest BCUT2D eigenvalue weighted by molar-refractivity contribution is 6.84. The normalized spacial score (nSPS) is 11.2. The molecule has 0 heterocycles. The van der Waals surface area contributed by atoms with Crippen molar-refractivity contribution in [1.29, 1.82) is 0 Å². The largest absolute Gasteiger partial charge is 0.497 e. The van der Waals surface area contributed by atoms with Crippen LogP contribution in [0.1, 0.15) is 6.92 Å². The van der Waals surface area contributed by atoms with Crippen molar-refractivity contribution in [3.8, 4) is 28.4 Å². The molecule has 0 atom stereocenters. The number of nitrogens with zero attached hydrogens (tertiary/aromatic N) is 2. The molecular formula is C43H44N2O4Si. The van der Waals surface area contributed by atoms with E-state index >= 15 is 0 Å². The predicted octanol–water partition coefficient (Wildman–Crippen LogP) is 10.8. The fraction of sp³-hybridized carbons (Fsp3) is 0.163. The monoisotopic (exact) mass is 680 g/mol. The first-order valence-corrected chi connectivity index (χ1v) is 19.7. The van der Waals surface area contributed by atoms with Gasteiger partial charge in [0.25, 0.3) is 0 Å². The third-order valence-corrected chi connectivity index (χ3v) is 11.6. The zero-order valence-electron chi connectivity index (χ0n) is 29.6. The minimum Gasteiger partial charge on any atom is -0.497 e. The molecule has 0 saturated heterocycles. The Kier molecular flexibility index (Phi) is 10.6. The summed E-state index contributed by atoms with van der Waals surface area (Å²) >= 11 is 0. The van der Waals surface area contributed by atoms with Gasteiger partial charge < -0.3 is 28.4 Å². The van der Waals surface area contributed by atoms with E-state index in [9.17, 15) is 0 Å². The SMILES string of the molecule is CCO[Si](C)(C)c1ccc(N(c2ccc(OC)cc2)c2ccc(-c3ccc(N(c4ccc(OC)cc4)c4ccc(OC)cc4)cc3)cc2)cc1. The van der Waals surface area contributed by atoms with Gasteiger partial charge in [0.2, 0.25) is 8.32 Å². The lowest BCUT2D eigenvalue weighted by Gasteiger charge is -2.27. The van der Waals surface area contributed by atoms with Gasteiger partial charge in [-0.3, -0.25) is 0 Å². The lowest BCUT2D eigenvalue weighted by molar-refractivity contribution is 0.339. The first-order valence-electron chi connectivity index (χ1n) is 16.8. The van der Waals surface area contributed by atoms with E-state index in [1.54, 1.807) is 21.3 Å². The second kappa shape index (κ2) is 15.4. The van der Waals surface area contributed by atoms with Crippen molar-refractivity contribution in [3.63, 3.8) is 0 Å². The van der Waals surface area contributed by atoms with Crippen LogP contribution in [0, 0.1) is 0 Å². The van der Waals surface area contributed by atoms with Gasteiger partial charge in [-0.15, -0.1) is 0 Å². The molecule has 6 aromatic carbocycles. The molecule has 6 aromatic rings. The van der Waals surface area contributed by atoms with Crippen molar-refractivity contribution in [2.75, 3.05) is 37.7 Å². The number of hydrogen-bond donors (Lipinski definition) is 0. The summed E-state index contributed by atoms with van der Waals surface area (Å²) in [6.45, 7) is 7.27. The van der Waals surface area contributed by atoms with Crippen molar-refractivity contribution in [1.82, 2.24) is 0 Å². The molecule has 7 heteroatoms. The topological polar surface area (TPSA) is 43.4 Å². The van der Waals surface area contributed by atoms with Crippen molar-refractivity contribution >= 4 is 47.6 Å². The maximum atomic E-state index is 6.15. The fourth-order valence-corrected chi connectivity index (χ4v) is 8.01. The van der Waals surface area contributed by atoms with Crippen molar-refractivity contribution in [3.05, 3.63) is 146 Å². The van der Waals surface area contributed by atoms with Crippen LogP contribution in [0.5, 0.6) is 17.2 Å². The molecular weight excluding hydrogens is 637 g/mol. The third kappa shape index (κ3) is 7.54. The van der Waals surface area contributed by atoms with E-state index in [4.69, 9.17) is 18.6 Å². The minimum atomic E-state index is -1.96. The van der Waals surface area contributed by atoms with Crippen LogP contribution < -0.4 is 29.2 Å². The van der Waals surface area contributed by atoms with Gasteiger partial charge in [-0.1, -0.05) is 36.4 Å². The van der Waals surface area contributed by atoms with Crippen molar-refractivity contribution in [2.24, 2.45) is 0 Å². The molecule has 0 aliphatic rings. The Morgan fingerprint density at radius 1 is 0.400 bits per heavy atom. The summed E-state index contributed by atoms with van der Waals surface area (Å²) < 4.78 is 22.4. The average molecular weight is 681 g/mol. The number of ether oxygens (including phenoxy) is 3. The summed E-state index contributed by atoms with van der Waals surface area (Å²) in [5.74, 6) is 2.46. The molecule has 50 heavy (non-hydrogen) atoms. The van der Waals surface area contributed by atoms with Gasteiger partial charge in [0.15, 0.2) is 0 Å². The second-order valence-electron chi connectivity index (χ2n) is 12.3. The fourth-order valence-electron chi connectivity index (χ4n) is 6.15. The molecule has 0 spiro atoms. The van der Waals surface area contributed by atoms with Gasteiger partial charge in [-0.25, -0.2) is 0 Å². The standard InChI is InChI=1S/C43H44N2O4Si/c1-7-49-50(5,6)43-30-22-39(23-31-43)45(38-20-28-42(48-4)29-21-38)35-14-10-33(11-15-35)32-8-12-34(13-9-32)44(36-16-24-40(46-2)25-17-36)37-18-26-41(47-3)27-19-37/h8-31H,7H2,1-6H3. The average Bonchev–Trinajstić information content (AvgIpc) is 3.17. The minimum absolute atomic E-state index is 0.720. The zero-order chi connectivity index (χ0) is 35.1. The molecule has 0 amide bonds. The molecule has 0 aliphatic heterocycles. The van der Waals surface area contributed by atoms with Crippen LogP contribution in [0.15, 0.2) is 146 Å². The highest BCUT2D eigenvalue weighted by atomic mass is 28.4. The summed E-state index contributed by atoms with van der Waals surface area (Å²) in [6.07, 6.45) is 0. The summed E-state index contributed by atoms with van der Waals surface area (Å²) in [6, 6.07) is 50.6. The van der Waals surface area contributed by atoms with Gasteiger partial charge in [-0.2, -0.15) is 0 Å². The Labute approximate surface area is 297 Å². The van der Waals surface area contributed by atoms with Crippen molar-refractivity contribution < 1.29 is 18.6 Å². The molecule has 0 radical (unpaired) electrons. The lowest BCUT2D eigenvalue weighted by atomic mass is 10.0. The van der Waals surface area contributed by atoms with E-state index in [1.807, 2.05) is 36.4 Å². The number of benzene rings is 6. The van der Waals surface area contributed by atoms with Crippen molar-refractivity contribution in [2.45, 2.75) is 20.0 Å². The first-order chi connectivity index (χ1) is 24.3. The van der Waals surface area contributed by atoms with Crippen LogP contribution in [0.2, 0.25) is 13.1 Å². The van der Waals surface area contributed by atoms with E-state index in [0.717, 1.165) is 69.1 Å². The van der Waals surface area contributed by atoms with Gasteiger partial charge in [-0.05, 0) is 146 Å². The quantitative estimate of drug-likeness (QED) is 0.113.